The Morgan fingerprint density at radius 1 is 1.28 bits per heavy atom. The lowest BCUT2D eigenvalue weighted by atomic mass is 9.90. The molecule has 0 radical (unpaired) electrons. The van der Waals surface area contributed by atoms with Gasteiger partial charge >= 0.3 is 6.03 Å². The van der Waals surface area contributed by atoms with Gasteiger partial charge in [0.05, 0.1) is 6.54 Å². The molecule has 1 saturated carbocycles. The first-order chi connectivity index (χ1) is 8.49. The number of amides is 2. The van der Waals surface area contributed by atoms with E-state index in [1.165, 1.54) is 19.3 Å². The van der Waals surface area contributed by atoms with Crippen LogP contribution in [0, 0.1) is 0 Å². The maximum absolute atomic E-state index is 12.3. The summed E-state index contributed by atoms with van der Waals surface area (Å²) in [5, 5.41) is 3.10. The molecular formula is C14H24N2O2. The molecule has 0 atom stereocenters. The molecule has 1 saturated heterocycles. The van der Waals surface area contributed by atoms with Crippen LogP contribution in [0.5, 0.6) is 0 Å². The van der Waals surface area contributed by atoms with Crippen molar-refractivity contribution in [2.24, 2.45) is 0 Å². The monoisotopic (exact) mass is 252 g/mol. The lowest BCUT2D eigenvalue weighted by Crippen LogP contribution is -2.58. The number of likely N-dealkylation sites (tertiary alicyclic amines) is 1. The summed E-state index contributed by atoms with van der Waals surface area (Å²) in [6.45, 7) is 4.35. The van der Waals surface area contributed by atoms with Gasteiger partial charge in [-0.05, 0) is 33.1 Å². The van der Waals surface area contributed by atoms with Gasteiger partial charge in [0.1, 0.15) is 0 Å². The minimum absolute atomic E-state index is 0.0556. The molecule has 1 aliphatic carbocycles. The molecule has 102 valence electrons. The van der Waals surface area contributed by atoms with Gasteiger partial charge in [-0.25, -0.2) is 4.79 Å². The maximum Gasteiger partial charge on any atom is 0.318 e. The zero-order valence-corrected chi connectivity index (χ0v) is 11.5. The molecule has 2 aliphatic rings. The molecule has 2 fully saturated rings. The Morgan fingerprint density at radius 2 is 1.94 bits per heavy atom. The molecule has 0 aromatic heterocycles. The summed E-state index contributed by atoms with van der Waals surface area (Å²) < 4.78 is 0. The van der Waals surface area contributed by atoms with Gasteiger partial charge in [0.2, 0.25) is 0 Å². The normalized spacial score (nSPS) is 25.0. The Balaban J connectivity index is 1.95. The van der Waals surface area contributed by atoms with Crippen molar-refractivity contribution in [1.82, 2.24) is 10.2 Å². The van der Waals surface area contributed by atoms with E-state index >= 15 is 0 Å². The molecule has 1 aliphatic heterocycles. The van der Waals surface area contributed by atoms with Gasteiger partial charge in [-0.2, -0.15) is 0 Å². The molecule has 0 unspecified atom stereocenters. The highest BCUT2D eigenvalue weighted by atomic mass is 16.2. The highest BCUT2D eigenvalue weighted by Crippen LogP contribution is 2.26. The van der Waals surface area contributed by atoms with Crippen LogP contribution in [0.25, 0.3) is 0 Å². The van der Waals surface area contributed by atoms with E-state index in [0.29, 0.717) is 12.5 Å². The summed E-state index contributed by atoms with van der Waals surface area (Å²) in [5.74, 6) is 0.174. The van der Waals surface area contributed by atoms with Crippen LogP contribution in [-0.2, 0) is 4.79 Å². The van der Waals surface area contributed by atoms with Crippen LogP contribution in [0.4, 0.5) is 4.79 Å². The van der Waals surface area contributed by atoms with E-state index in [4.69, 9.17) is 0 Å². The van der Waals surface area contributed by atoms with E-state index in [9.17, 15) is 9.59 Å². The quantitative estimate of drug-likeness (QED) is 0.779. The number of rotatable bonds is 1. The number of nitrogens with one attached hydrogen (secondary N) is 1. The van der Waals surface area contributed by atoms with E-state index in [2.05, 4.69) is 5.32 Å². The third kappa shape index (κ3) is 3.03. The summed E-state index contributed by atoms with van der Waals surface area (Å²) in [6.07, 6.45) is 7.20. The minimum Gasteiger partial charge on any atom is -0.335 e. The van der Waals surface area contributed by atoms with Crippen molar-refractivity contribution < 1.29 is 9.59 Å². The Labute approximate surface area is 109 Å². The second-order valence-corrected chi connectivity index (χ2v) is 6.22. The van der Waals surface area contributed by atoms with Gasteiger partial charge in [-0.1, -0.05) is 19.3 Å². The summed E-state index contributed by atoms with van der Waals surface area (Å²) in [6, 6.07) is 0.249. The van der Waals surface area contributed by atoms with Gasteiger partial charge < -0.3 is 10.2 Å². The van der Waals surface area contributed by atoms with Gasteiger partial charge in [0, 0.05) is 18.0 Å². The van der Waals surface area contributed by atoms with Gasteiger partial charge in [0.15, 0.2) is 5.78 Å². The number of carbonyl (C=O) groups is 2. The van der Waals surface area contributed by atoms with Crippen molar-refractivity contribution in [3.8, 4) is 0 Å². The maximum atomic E-state index is 12.3. The van der Waals surface area contributed by atoms with Crippen LogP contribution < -0.4 is 5.32 Å². The van der Waals surface area contributed by atoms with Crippen molar-refractivity contribution >= 4 is 11.8 Å². The van der Waals surface area contributed by atoms with Crippen LogP contribution in [0.1, 0.15) is 58.8 Å². The smallest absolute Gasteiger partial charge is 0.318 e. The molecule has 2 rings (SSSR count). The molecule has 0 bridgehead atoms. The fourth-order valence-electron chi connectivity index (χ4n) is 2.90. The lowest BCUT2D eigenvalue weighted by Gasteiger charge is -2.42. The highest BCUT2D eigenvalue weighted by Gasteiger charge is 2.37. The molecule has 2 amide bonds. The molecular weight excluding hydrogens is 228 g/mol. The zero-order chi connectivity index (χ0) is 13.2. The molecule has 18 heavy (non-hydrogen) atoms. The molecule has 0 aromatic rings. The predicted octanol–water partition coefficient (Wildman–Crippen LogP) is 2.47. The average Bonchev–Trinajstić information content (AvgIpc) is 2.33. The minimum atomic E-state index is -0.202. The largest absolute Gasteiger partial charge is 0.335 e. The third-order valence-corrected chi connectivity index (χ3v) is 4.26. The first-order valence-electron chi connectivity index (χ1n) is 7.09. The Bertz CT molecular complexity index is 333. The number of nitrogens with zero attached hydrogens (tertiary/aromatic N) is 1. The predicted molar refractivity (Wildman–Crippen MR) is 70.4 cm³/mol. The Morgan fingerprint density at radius 3 is 2.61 bits per heavy atom. The molecule has 4 heteroatoms. The van der Waals surface area contributed by atoms with Crippen LogP contribution in [0.15, 0.2) is 0 Å². The number of carbonyl (C=O) groups excluding carboxylic acids is 2. The van der Waals surface area contributed by atoms with Gasteiger partial charge in [-0.3, -0.25) is 4.79 Å². The van der Waals surface area contributed by atoms with Crippen LogP contribution in [0.2, 0.25) is 0 Å². The van der Waals surface area contributed by atoms with Gasteiger partial charge in [-0.15, -0.1) is 0 Å². The van der Waals surface area contributed by atoms with Crippen molar-refractivity contribution in [3.63, 3.8) is 0 Å². The molecule has 1 heterocycles. The van der Waals surface area contributed by atoms with E-state index in [1.807, 2.05) is 13.8 Å². The Kier molecular flexibility index (Phi) is 3.93. The topological polar surface area (TPSA) is 49.4 Å². The fraction of sp³-hybridized carbons (Fsp3) is 0.857. The number of hydrogen-bond acceptors (Lipinski definition) is 2. The van der Waals surface area contributed by atoms with E-state index in [0.717, 1.165) is 19.3 Å². The number of piperidine rings is 1. The van der Waals surface area contributed by atoms with E-state index in [-0.39, 0.29) is 23.9 Å². The Hall–Kier alpha value is -1.06. The molecule has 0 aromatic carbocycles. The van der Waals surface area contributed by atoms with Crippen LogP contribution >= 0.6 is 0 Å². The summed E-state index contributed by atoms with van der Waals surface area (Å²) >= 11 is 0. The number of urea groups is 1. The van der Waals surface area contributed by atoms with Crippen molar-refractivity contribution in [1.29, 1.82) is 0 Å². The SMILES string of the molecule is CC1(C)CCC(=O)CN1C(=O)NC1CCCCC1. The number of hydrogen-bond donors (Lipinski definition) is 1. The van der Waals surface area contributed by atoms with Crippen molar-refractivity contribution in [2.45, 2.75) is 70.4 Å². The second kappa shape index (κ2) is 5.29. The first-order valence-corrected chi connectivity index (χ1v) is 7.09. The van der Waals surface area contributed by atoms with Gasteiger partial charge in [0.25, 0.3) is 0 Å². The summed E-state index contributed by atoms with van der Waals surface area (Å²) in [7, 11) is 0. The second-order valence-electron chi connectivity index (χ2n) is 6.22. The van der Waals surface area contributed by atoms with E-state index < -0.39 is 0 Å². The van der Waals surface area contributed by atoms with E-state index in [1.54, 1.807) is 4.90 Å². The van der Waals surface area contributed by atoms with Crippen molar-refractivity contribution in [3.05, 3.63) is 0 Å². The van der Waals surface area contributed by atoms with Crippen LogP contribution in [-0.4, -0.2) is 34.8 Å². The van der Waals surface area contributed by atoms with Crippen LogP contribution in [0.3, 0.4) is 0 Å². The molecule has 1 N–H and O–H groups in total. The summed E-state index contributed by atoms with van der Waals surface area (Å²) in [5.41, 5.74) is -0.202. The average molecular weight is 252 g/mol. The molecule has 4 nitrogen and oxygen atoms in total. The number of Topliss-reactive ketones (excluding diaryl/α,β-unsaturated/α-hetero) is 1. The standard InChI is InChI=1S/C14H24N2O2/c1-14(2)9-8-12(17)10-16(14)13(18)15-11-6-4-3-5-7-11/h11H,3-10H2,1-2H3,(H,15,18). The summed E-state index contributed by atoms with van der Waals surface area (Å²) in [4.78, 5) is 25.5. The zero-order valence-electron chi connectivity index (χ0n) is 11.5. The molecule has 0 spiro atoms. The highest BCUT2D eigenvalue weighted by molar-refractivity contribution is 5.87. The lowest BCUT2D eigenvalue weighted by molar-refractivity contribution is -0.124. The number of ketones is 1. The first kappa shape index (κ1) is 13.4. The fourth-order valence-corrected chi connectivity index (χ4v) is 2.90. The third-order valence-electron chi connectivity index (χ3n) is 4.26. The van der Waals surface area contributed by atoms with Crippen molar-refractivity contribution in [2.75, 3.05) is 6.54 Å².